The fourth-order valence-corrected chi connectivity index (χ4v) is 8.15. The van der Waals surface area contributed by atoms with Gasteiger partial charge in [-0.25, -0.2) is 9.29 Å². The van der Waals surface area contributed by atoms with Gasteiger partial charge in [0, 0.05) is 21.5 Å². The smallest absolute Gasteiger partial charge is 0.325 e. The molecule has 1 saturated heterocycles. The first-order chi connectivity index (χ1) is 20.4. The molecule has 0 spiro atoms. The molecule has 1 N–H and O–H groups in total. The highest BCUT2D eigenvalue weighted by molar-refractivity contribution is 8.00. The number of hydrogen-bond donors (Lipinski definition) is 1. The van der Waals surface area contributed by atoms with Crippen molar-refractivity contribution in [2.45, 2.75) is 28.9 Å². The van der Waals surface area contributed by atoms with Crippen LogP contribution >= 0.6 is 34.7 Å². The zero-order valence-corrected chi connectivity index (χ0v) is 24.0. The summed E-state index contributed by atoms with van der Waals surface area (Å²) in [6.07, 6.45) is -4.61. The molecule has 220 valence electrons. The van der Waals surface area contributed by atoms with Crippen LogP contribution in [0.5, 0.6) is 0 Å². The minimum Gasteiger partial charge on any atom is -0.325 e. The van der Waals surface area contributed by atoms with Gasteiger partial charge in [-0.05, 0) is 60.2 Å². The van der Waals surface area contributed by atoms with Crippen LogP contribution < -0.4 is 15.1 Å². The van der Waals surface area contributed by atoms with Crippen LogP contribution in [0.2, 0.25) is 5.02 Å². The third kappa shape index (κ3) is 5.36. The van der Waals surface area contributed by atoms with Gasteiger partial charge in [0.1, 0.15) is 17.6 Å². The summed E-state index contributed by atoms with van der Waals surface area (Å²) in [6.45, 7) is -0.539. The number of anilines is 2. The van der Waals surface area contributed by atoms with E-state index in [2.05, 4.69) is 5.32 Å². The Bertz CT molecular complexity index is 1820. The molecule has 0 aliphatic carbocycles. The van der Waals surface area contributed by atoms with Crippen molar-refractivity contribution in [2.75, 3.05) is 10.2 Å². The summed E-state index contributed by atoms with van der Waals surface area (Å²) >= 11 is 7.89. The second-order valence-corrected chi connectivity index (χ2v) is 12.4. The lowest BCUT2D eigenvalue weighted by atomic mass is 9.83. The Morgan fingerprint density at radius 2 is 1.65 bits per heavy atom. The van der Waals surface area contributed by atoms with Crippen LogP contribution in [0, 0.1) is 11.7 Å². The lowest BCUT2D eigenvalue weighted by Crippen LogP contribution is -2.33. The van der Waals surface area contributed by atoms with Crippen molar-refractivity contribution in [1.82, 2.24) is 4.57 Å². The molecule has 2 aliphatic rings. The highest BCUT2D eigenvalue weighted by Crippen LogP contribution is 2.54. The monoisotopic (exact) mass is 647 g/mol. The van der Waals surface area contributed by atoms with E-state index in [1.807, 2.05) is 0 Å². The van der Waals surface area contributed by atoms with Gasteiger partial charge in [-0.1, -0.05) is 52.9 Å². The second-order valence-electron chi connectivity index (χ2n) is 9.83. The Morgan fingerprint density at radius 3 is 2.33 bits per heavy atom. The molecule has 3 heterocycles. The van der Waals surface area contributed by atoms with E-state index in [-0.39, 0.29) is 11.4 Å². The fourth-order valence-electron chi connectivity index (χ4n) is 5.25. The van der Waals surface area contributed by atoms with Crippen molar-refractivity contribution in [3.63, 3.8) is 0 Å². The number of carbonyl (C=O) groups excluding carboxylic acids is 3. The van der Waals surface area contributed by atoms with Gasteiger partial charge in [-0.15, -0.1) is 0 Å². The Balaban J connectivity index is 1.37. The van der Waals surface area contributed by atoms with Crippen LogP contribution in [-0.4, -0.2) is 27.5 Å². The molecule has 3 atom stereocenters. The first-order valence-electron chi connectivity index (χ1n) is 12.7. The van der Waals surface area contributed by atoms with Crippen LogP contribution in [0.3, 0.4) is 0 Å². The molecule has 6 rings (SSSR count). The number of imide groups is 1. The number of hydrogen-bond acceptors (Lipinski definition) is 6. The van der Waals surface area contributed by atoms with Gasteiger partial charge in [-0.2, -0.15) is 13.2 Å². The van der Waals surface area contributed by atoms with E-state index in [4.69, 9.17) is 11.6 Å². The molecule has 2 aliphatic heterocycles. The maximum Gasteiger partial charge on any atom is 0.416 e. The van der Waals surface area contributed by atoms with Gasteiger partial charge in [0.25, 0.3) is 0 Å². The molecule has 0 bridgehead atoms. The highest BCUT2D eigenvalue weighted by atomic mass is 35.5. The maximum absolute atomic E-state index is 13.8. The van der Waals surface area contributed by atoms with E-state index in [0.717, 1.165) is 62.9 Å². The number of carbonyl (C=O) groups is 3. The Labute approximate surface area is 254 Å². The molecule has 3 aromatic carbocycles. The minimum atomic E-state index is -4.61. The zero-order valence-electron chi connectivity index (χ0n) is 21.6. The summed E-state index contributed by atoms with van der Waals surface area (Å²) in [4.78, 5) is 54.6. The number of nitrogens with zero attached hydrogens (tertiary/aromatic N) is 2. The van der Waals surface area contributed by atoms with Gasteiger partial charge in [0.15, 0.2) is 0 Å². The molecule has 0 saturated carbocycles. The third-order valence-corrected chi connectivity index (χ3v) is 9.99. The molecule has 0 radical (unpaired) electrons. The van der Waals surface area contributed by atoms with Crippen LogP contribution in [-0.2, 0) is 27.1 Å². The lowest BCUT2D eigenvalue weighted by molar-refractivity contribution is -0.137. The number of rotatable bonds is 5. The van der Waals surface area contributed by atoms with Crippen molar-refractivity contribution in [3.05, 3.63) is 109 Å². The van der Waals surface area contributed by atoms with Crippen molar-refractivity contribution < 1.29 is 31.9 Å². The maximum atomic E-state index is 13.8. The largest absolute Gasteiger partial charge is 0.416 e. The summed E-state index contributed by atoms with van der Waals surface area (Å²) in [6, 6.07) is 15.7. The quantitative estimate of drug-likeness (QED) is 0.207. The highest BCUT2D eigenvalue weighted by Gasteiger charge is 2.56. The number of nitrogens with one attached hydrogen (secondary N) is 1. The Kier molecular flexibility index (Phi) is 7.43. The summed E-state index contributed by atoms with van der Waals surface area (Å²) < 4.78 is 54.2. The lowest BCUT2D eigenvalue weighted by Gasteiger charge is -2.30. The first kappa shape index (κ1) is 29.1. The molecule has 14 heteroatoms. The van der Waals surface area contributed by atoms with Gasteiger partial charge in [-0.3, -0.25) is 23.7 Å². The topological polar surface area (TPSA) is 88.5 Å². The number of fused-ring (bicyclic) bond motifs is 2. The molecular formula is C29H18ClF4N3O4S2. The van der Waals surface area contributed by atoms with Gasteiger partial charge in [0.2, 0.25) is 17.7 Å². The number of halogens is 5. The standard InChI is InChI=1S/C29H18ClF4N3O4S2/c30-16-6-4-14(5-7-16)21-22-23(26(40)37(25(22)39)19-10-8-17(31)9-11-19)42-27-24(21)43-28(41)36(27)13-20(38)35-18-3-1-2-15(12-18)29(32,33)34/h1-12,21-23H,13H2,(H,35,38)/t21-,22?,23?/m1/s1. The molecule has 1 fully saturated rings. The predicted octanol–water partition coefficient (Wildman–Crippen LogP) is 6.16. The molecule has 1 aromatic heterocycles. The normalized spacial score (nSPS) is 19.7. The molecule has 3 amide bonds. The number of thiazole rings is 1. The van der Waals surface area contributed by atoms with Crippen molar-refractivity contribution in [2.24, 2.45) is 5.92 Å². The molecule has 43 heavy (non-hydrogen) atoms. The number of benzene rings is 3. The van der Waals surface area contributed by atoms with E-state index >= 15 is 0 Å². The van der Waals surface area contributed by atoms with Gasteiger partial charge < -0.3 is 5.32 Å². The number of thioether (sulfide) groups is 1. The van der Waals surface area contributed by atoms with E-state index in [1.165, 1.54) is 18.2 Å². The van der Waals surface area contributed by atoms with E-state index in [9.17, 15) is 36.7 Å². The zero-order chi connectivity index (χ0) is 30.6. The fraction of sp³-hybridized carbons (Fsp3) is 0.172. The average Bonchev–Trinajstić information content (AvgIpc) is 3.40. The SMILES string of the molecule is O=C(Cn1c2c(sc1=O)[C@H](c1ccc(Cl)cc1)C1C(=O)N(c3ccc(F)cc3)C(=O)C1S2)Nc1cccc(C(F)(F)F)c1. The van der Waals surface area contributed by atoms with E-state index < -0.39 is 63.8 Å². The van der Waals surface area contributed by atoms with E-state index in [0.29, 0.717) is 20.5 Å². The first-order valence-corrected chi connectivity index (χ1v) is 14.8. The molecule has 4 aromatic rings. The number of amides is 3. The summed E-state index contributed by atoms with van der Waals surface area (Å²) in [7, 11) is 0. The van der Waals surface area contributed by atoms with Crippen molar-refractivity contribution >= 4 is 63.8 Å². The van der Waals surface area contributed by atoms with Crippen LogP contribution in [0.25, 0.3) is 0 Å². The summed E-state index contributed by atoms with van der Waals surface area (Å²) in [5.74, 6) is -4.03. The van der Waals surface area contributed by atoms with Crippen LogP contribution in [0.4, 0.5) is 28.9 Å². The molecular weight excluding hydrogens is 630 g/mol. The Hall–Kier alpha value is -3.94. The summed E-state index contributed by atoms with van der Waals surface area (Å²) in [5.41, 5.74) is -0.236. The second kappa shape index (κ2) is 11.0. The van der Waals surface area contributed by atoms with Gasteiger partial charge in [0.05, 0.1) is 22.2 Å². The Morgan fingerprint density at radius 1 is 0.953 bits per heavy atom. The summed E-state index contributed by atoms with van der Waals surface area (Å²) in [5, 5.41) is 2.16. The average molecular weight is 648 g/mol. The van der Waals surface area contributed by atoms with Crippen LogP contribution in [0.1, 0.15) is 21.9 Å². The van der Waals surface area contributed by atoms with E-state index in [1.54, 1.807) is 24.3 Å². The molecule has 2 unspecified atom stereocenters. The van der Waals surface area contributed by atoms with Crippen LogP contribution in [0.15, 0.2) is 82.6 Å². The number of alkyl halides is 3. The molecule has 7 nitrogen and oxygen atoms in total. The minimum absolute atomic E-state index is 0.102. The predicted molar refractivity (Wildman–Crippen MR) is 154 cm³/mol. The number of aromatic nitrogens is 1. The van der Waals surface area contributed by atoms with Crippen molar-refractivity contribution in [3.8, 4) is 0 Å². The van der Waals surface area contributed by atoms with Gasteiger partial charge >= 0.3 is 11.0 Å². The van der Waals surface area contributed by atoms with Crippen molar-refractivity contribution in [1.29, 1.82) is 0 Å². The third-order valence-electron chi connectivity index (χ3n) is 7.14.